The Morgan fingerprint density at radius 3 is 2.84 bits per heavy atom. The van der Waals surface area contributed by atoms with Gasteiger partial charge in [-0.25, -0.2) is 9.07 Å². The summed E-state index contributed by atoms with van der Waals surface area (Å²) in [5, 5.41) is 21.1. The Morgan fingerprint density at radius 2 is 1.90 bits per heavy atom. The number of nitrogens with zero attached hydrogens (tertiary/aromatic N) is 6. The zero-order valence-corrected chi connectivity index (χ0v) is 16.3. The number of aromatic nitrogens is 7. The van der Waals surface area contributed by atoms with Crippen molar-refractivity contribution in [2.24, 2.45) is 0 Å². The number of aromatic amines is 1. The van der Waals surface area contributed by atoms with Gasteiger partial charge in [0.25, 0.3) is 0 Å². The van der Waals surface area contributed by atoms with Crippen LogP contribution >= 0.6 is 0 Å². The minimum Gasteiger partial charge on any atom is -0.278 e. The molecule has 0 saturated carbocycles. The number of hydrogen-bond donors (Lipinski definition) is 1. The second-order valence-electron chi connectivity index (χ2n) is 7.31. The van der Waals surface area contributed by atoms with Crippen LogP contribution < -0.4 is 0 Å². The van der Waals surface area contributed by atoms with E-state index < -0.39 is 0 Å². The van der Waals surface area contributed by atoms with Crippen molar-refractivity contribution in [3.8, 4) is 16.9 Å². The lowest BCUT2D eigenvalue weighted by molar-refractivity contribution is 0.587. The summed E-state index contributed by atoms with van der Waals surface area (Å²) in [6.45, 7) is 0.348. The van der Waals surface area contributed by atoms with Crippen LogP contribution in [0, 0.1) is 5.82 Å². The number of benzene rings is 3. The molecule has 0 spiro atoms. The quantitative estimate of drug-likeness (QED) is 0.470. The molecule has 0 amide bonds. The molecule has 0 aliphatic heterocycles. The van der Waals surface area contributed by atoms with Gasteiger partial charge in [-0.15, -0.1) is 5.10 Å². The molecule has 0 saturated heterocycles. The highest BCUT2D eigenvalue weighted by Crippen LogP contribution is 2.26. The number of fused-ring (bicyclic) bond motifs is 2. The Hall–Kier alpha value is -4.33. The van der Waals surface area contributed by atoms with Crippen molar-refractivity contribution in [2.75, 3.05) is 0 Å². The summed E-state index contributed by atoms with van der Waals surface area (Å²) >= 11 is 0. The van der Waals surface area contributed by atoms with Gasteiger partial charge in [0, 0.05) is 22.7 Å². The fourth-order valence-corrected chi connectivity index (χ4v) is 3.82. The van der Waals surface area contributed by atoms with Crippen molar-refractivity contribution < 1.29 is 4.39 Å². The fourth-order valence-electron chi connectivity index (χ4n) is 3.82. The second kappa shape index (κ2) is 6.88. The van der Waals surface area contributed by atoms with Crippen LogP contribution in [0.25, 0.3) is 38.9 Å². The van der Waals surface area contributed by atoms with Gasteiger partial charge in [-0.05, 0) is 42.5 Å². The first kappa shape index (κ1) is 17.5. The molecular weight excluding hydrogens is 393 g/mol. The van der Waals surface area contributed by atoms with E-state index in [9.17, 15) is 4.39 Å². The maximum atomic E-state index is 14.1. The third-order valence-electron chi connectivity index (χ3n) is 5.41. The normalized spacial score (nSPS) is 11.5. The number of rotatable bonds is 4. The van der Waals surface area contributed by atoms with E-state index in [4.69, 9.17) is 0 Å². The van der Waals surface area contributed by atoms with Gasteiger partial charge in [-0.2, -0.15) is 10.2 Å². The Bertz CT molecular complexity index is 1540. The molecular formula is C23H16FN7. The zero-order chi connectivity index (χ0) is 20.8. The second-order valence-corrected chi connectivity index (χ2v) is 7.31. The Labute approximate surface area is 175 Å². The third-order valence-corrected chi connectivity index (χ3v) is 5.41. The average molecular weight is 409 g/mol. The van der Waals surface area contributed by atoms with Gasteiger partial charge in [0.2, 0.25) is 0 Å². The van der Waals surface area contributed by atoms with E-state index >= 15 is 0 Å². The van der Waals surface area contributed by atoms with Gasteiger partial charge < -0.3 is 0 Å². The first-order valence-corrected chi connectivity index (χ1v) is 9.81. The van der Waals surface area contributed by atoms with Gasteiger partial charge in [0.05, 0.1) is 35.2 Å². The Morgan fingerprint density at radius 1 is 0.968 bits per heavy atom. The van der Waals surface area contributed by atoms with Gasteiger partial charge in [-0.3, -0.25) is 9.78 Å². The maximum Gasteiger partial charge on any atom is 0.128 e. The number of H-pyrrole nitrogens is 1. The molecule has 6 rings (SSSR count). The molecule has 0 bridgehead atoms. The lowest BCUT2D eigenvalue weighted by Crippen LogP contribution is -2.05. The highest BCUT2D eigenvalue weighted by atomic mass is 19.1. The molecule has 0 aliphatic carbocycles. The van der Waals surface area contributed by atoms with Gasteiger partial charge >= 0.3 is 0 Å². The fraction of sp³-hybridized carbons (Fsp3) is 0.0435. The van der Waals surface area contributed by atoms with Crippen molar-refractivity contribution in [3.63, 3.8) is 0 Å². The molecule has 7 nitrogen and oxygen atoms in total. The van der Waals surface area contributed by atoms with Crippen LogP contribution in [-0.2, 0) is 6.54 Å². The molecule has 0 aliphatic rings. The summed E-state index contributed by atoms with van der Waals surface area (Å²) in [4.78, 5) is 0. The molecule has 150 valence electrons. The van der Waals surface area contributed by atoms with Crippen molar-refractivity contribution in [1.29, 1.82) is 0 Å². The van der Waals surface area contributed by atoms with E-state index in [1.165, 1.54) is 6.07 Å². The van der Waals surface area contributed by atoms with E-state index in [1.54, 1.807) is 33.9 Å². The van der Waals surface area contributed by atoms with Gasteiger partial charge in [0.15, 0.2) is 0 Å². The molecule has 0 radical (unpaired) electrons. The van der Waals surface area contributed by atoms with Crippen molar-refractivity contribution in [1.82, 2.24) is 35.0 Å². The van der Waals surface area contributed by atoms with E-state index in [-0.39, 0.29) is 5.82 Å². The predicted octanol–water partition coefficient (Wildman–Crippen LogP) is 4.35. The molecule has 31 heavy (non-hydrogen) atoms. The third kappa shape index (κ3) is 2.96. The molecule has 1 N–H and O–H groups in total. The lowest BCUT2D eigenvalue weighted by Gasteiger charge is -2.09. The highest BCUT2D eigenvalue weighted by molar-refractivity contribution is 5.84. The number of nitrogens with one attached hydrogen (secondary N) is 1. The van der Waals surface area contributed by atoms with Crippen molar-refractivity contribution >= 4 is 21.9 Å². The van der Waals surface area contributed by atoms with Gasteiger partial charge in [0.1, 0.15) is 11.3 Å². The predicted molar refractivity (Wildman–Crippen MR) is 115 cm³/mol. The molecule has 3 aromatic carbocycles. The molecule has 0 atom stereocenters. The first-order valence-electron chi connectivity index (χ1n) is 9.81. The van der Waals surface area contributed by atoms with Crippen LogP contribution in [0.1, 0.15) is 5.56 Å². The number of halogens is 1. The van der Waals surface area contributed by atoms with Crippen LogP contribution in [0.2, 0.25) is 0 Å². The highest BCUT2D eigenvalue weighted by Gasteiger charge is 2.13. The topological polar surface area (TPSA) is 77.2 Å². The van der Waals surface area contributed by atoms with E-state index in [0.717, 1.165) is 38.9 Å². The molecule has 6 aromatic rings. The standard InChI is InChI=1S/C23H16FN7/c24-19-4-2-1-3-17(19)14-30-22(9-10-26-30)15-6-8-20-23(11-15)31(29-28-20)18-7-5-16-13-25-27-21(16)12-18/h1-13H,14H2,(H,25,27). The maximum absolute atomic E-state index is 14.1. The summed E-state index contributed by atoms with van der Waals surface area (Å²) < 4.78 is 17.7. The van der Waals surface area contributed by atoms with Crippen molar-refractivity contribution in [2.45, 2.75) is 6.54 Å². The average Bonchev–Trinajstić information content (AvgIpc) is 3.53. The molecule has 3 aromatic heterocycles. The lowest BCUT2D eigenvalue weighted by atomic mass is 10.1. The van der Waals surface area contributed by atoms with Crippen LogP contribution in [0.15, 0.2) is 79.1 Å². The Balaban J connectivity index is 1.43. The Kier molecular flexibility index (Phi) is 3.89. The van der Waals surface area contributed by atoms with E-state index in [0.29, 0.717) is 12.1 Å². The zero-order valence-electron chi connectivity index (χ0n) is 16.3. The smallest absolute Gasteiger partial charge is 0.128 e. The van der Waals surface area contributed by atoms with E-state index in [2.05, 4.69) is 25.6 Å². The minimum atomic E-state index is -0.240. The summed E-state index contributed by atoms with van der Waals surface area (Å²) in [5.41, 5.74) is 5.91. The largest absolute Gasteiger partial charge is 0.278 e. The molecule has 8 heteroatoms. The van der Waals surface area contributed by atoms with Gasteiger partial charge in [-0.1, -0.05) is 29.5 Å². The van der Waals surface area contributed by atoms with Crippen LogP contribution in [0.3, 0.4) is 0 Å². The molecule has 0 unspecified atom stereocenters. The van der Waals surface area contributed by atoms with Crippen LogP contribution in [-0.4, -0.2) is 35.0 Å². The minimum absolute atomic E-state index is 0.240. The summed E-state index contributed by atoms with van der Waals surface area (Å²) in [5.74, 6) is -0.240. The monoisotopic (exact) mass is 409 g/mol. The number of hydrogen-bond acceptors (Lipinski definition) is 4. The van der Waals surface area contributed by atoms with Crippen LogP contribution in [0.4, 0.5) is 4.39 Å². The summed E-state index contributed by atoms with van der Waals surface area (Å²) in [6.07, 6.45) is 3.51. The van der Waals surface area contributed by atoms with Crippen LogP contribution in [0.5, 0.6) is 0 Å². The molecule has 3 heterocycles. The summed E-state index contributed by atoms with van der Waals surface area (Å²) in [6, 6.07) is 20.6. The van der Waals surface area contributed by atoms with E-state index in [1.807, 2.05) is 48.5 Å². The summed E-state index contributed by atoms with van der Waals surface area (Å²) in [7, 11) is 0. The first-order chi connectivity index (χ1) is 15.3. The van der Waals surface area contributed by atoms with Crippen molar-refractivity contribution in [3.05, 3.63) is 90.5 Å². The SMILES string of the molecule is Fc1ccccc1Cn1nccc1-c1ccc2nnn(-c3ccc4cn[nH]c4c3)c2c1. The molecule has 0 fully saturated rings.